The lowest BCUT2D eigenvalue weighted by atomic mass is 10.0. The molecular formula is C15H20S. The number of hydrogen-bond acceptors (Lipinski definition) is 1. The van der Waals surface area contributed by atoms with E-state index in [0.717, 1.165) is 5.25 Å². The molecule has 1 saturated carbocycles. The molecule has 0 bridgehead atoms. The monoisotopic (exact) mass is 232 g/mol. The van der Waals surface area contributed by atoms with Crippen LogP contribution in [0.4, 0.5) is 0 Å². The fourth-order valence-corrected chi connectivity index (χ4v) is 3.32. The minimum absolute atomic E-state index is 0.925. The Morgan fingerprint density at radius 2 is 1.81 bits per heavy atom. The van der Waals surface area contributed by atoms with Crippen LogP contribution in [0.5, 0.6) is 0 Å². The van der Waals surface area contributed by atoms with E-state index in [9.17, 15) is 0 Å². The molecule has 86 valence electrons. The van der Waals surface area contributed by atoms with Crippen LogP contribution in [0.3, 0.4) is 0 Å². The van der Waals surface area contributed by atoms with Crippen molar-refractivity contribution in [3.8, 4) is 0 Å². The van der Waals surface area contributed by atoms with Gasteiger partial charge in [-0.1, -0.05) is 61.7 Å². The normalized spacial score (nSPS) is 18.0. The van der Waals surface area contributed by atoms with E-state index in [-0.39, 0.29) is 0 Å². The molecule has 0 amide bonds. The van der Waals surface area contributed by atoms with E-state index < -0.39 is 0 Å². The largest absolute Gasteiger partial charge is 0.154 e. The molecule has 0 spiro atoms. The topological polar surface area (TPSA) is 0 Å². The molecule has 1 aromatic carbocycles. The van der Waals surface area contributed by atoms with Crippen molar-refractivity contribution < 1.29 is 0 Å². The summed E-state index contributed by atoms with van der Waals surface area (Å²) in [4.78, 5) is 0. The zero-order valence-electron chi connectivity index (χ0n) is 9.77. The molecule has 2 rings (SSSR count). The second-order valence-corrected chi connectivity index (χ2v) is 5.74. The second kappa shape index (κ2) is 6.80. The van der Waals surface area contributed by atoms with E-state index in [1.807, 2.05) is 0 Å². The summed E-state index contributed by atoms with van der Waals surface area (Å²) in [6.07, 6.45) is 11.7. The molecule has 0 saturated heterocycles. The molecule has 0 atom stereocenters. The van der Waals surface area contributed by atoms with Crippen molar-refractivity contribution in [2.75, 3.05) is 5.75 Å². The molecule has 0 aromatic heterocycles. The van der Waals surface area contributed by atoms with Gasteiger partial charge in [0.15, 0.2) is 0 Å². The van der Waals surface area contributed by atoms with Crippen LogP contribution in [0, 0.1) is 0 Å². The van der Waals surface area contributed by atoms with Crippen molar-refractivity contribution in [3.05, 3.63) is 42.0 Å². The van der Waals surface area contributed by atoms with Crippen molar-refractivity contribution in [3.63, 3.8) is 0 Å². The Hall–Kier alpha value is -0.690. The van der Waals surface area contributed by atoms with Gasteiger partial charge in [-0.2, -0.15) is 11.8 Å². The van der Waals surface area contributed by atoms with Crippen LogP contribution < -0.4 is 0 Å². The molecule has 0 heterocycles. The standard InChI is InChI=1S/C15H20S/c1-3-8-14(9-4-1)10-7-13-16-15-11-5-2-6-12-15/h1,3-4,7-10,15H,2,5-6,11-13H2/b10-7+. The smallest absolute Gasteiger partial charge is 0.0119 e. The van der Waals surface area contributed by atoms with Gasteiger partial charge >= 0.3 is 0 Å². The minimum Gasteiger partial charge on any atom is -0.154 e. The van der Waals surface area contributed by atoms with Crippen molar-refractivity contribution >= 4 is 17.8 Å². The van der Waals surface area contributed by atoms with Crippen molar-refractivity contribution in [2.45, 2.75) is 37.4 Å². The van der Waals surface area contributed by atoms with E-state index in [1.54, 1.807) is 0 Å². The Balaban J connectivity index is 1.69. The van der Waals surface area contributed by atoms with Crippen LogP contribution in [0.25, 0.3) is 6.08 Å². The highest BCUT2D eigenvalue weighted by Crippen LogP contribution is 2.28. The molecule has 1 fully saturated rings. The number of hydrogen-bond donors (Lipinski definition) is 0. The molecule has 1 aromatic rings. The maximum Gasteiger partial charge on any atom is 0.0119 e. The summed E-state index contributed by atoms with van der Waals surface area (Å²) in [5.41, 5.74) is 1.31. The second-order valence-electron chi connectivity index (χ2n) is 4.41. The zero-order chi connectivity index (χ0) is 11.1. The van der Waals surface area contributed by atoms with Crippen LogP contribution >= 0.6 is 11.8 Å². The fraction of sp³-hybridized carbons (Fsp3) is 0.467. The zero-order valence-corrected chi connectivity index (χ0v) is 10.6. The Bertz CT molecular complexity index is 309. The van der Waals surface area contributed by atoms with Gasteiger partial charge < -0.3 is 0 Å². The summed E-state index contributed by atoms with van der Waals surface area (Å²) < 4.78 is 0. The van der Waals surface area contributed by atoms with E-state index in [2.05, 4.69) is 54.2 Å². The van der Waals surface area contributed by atoms with Crippen LogP contribution in [-0.2, 0) is 0 Å². The minimum atomic E-state index is 0.925. The lowest BCUT2D eigenvalue weighted by Crippen LogP contribution is -2.08. The summed E-state index contributed by atoms with van der Waals surface area (Å²) in [6.45, 7) is 0. The lowest BCUT2D eigenvalue weighted by Gasteiger charge is -2.20. The van der Waals surface area contributed by atoms with E-state index in [1.165, 1.54) is 43.4 Å². The van der Waals surface area contributed by atoms with E-state index in [0.29, 0.717) is 0 Å². The van der Waals surface area contributed by atoms with Gasteiger partial charge in [0.1, 0.15) is 0 Å². The van der Waals surface area contributed by atoms with Crippen LogP contribution in [0.1, 0.15) is 37.7 Å². The molecule has 1 heteroatoms. The number of rotatable bonds is 4. The highest BCUT2D eigenvalue weighted by Gasteiger charge is 2.12. The van der Waals surface area contributed by atoms with Gasteiger partial charge in [0.25, 0.3) is 0 Å². The lowest BCUT2D eigenvalue weighted by molar-refractivity contribution is 0.516. The average Bonchev–Trinajstić information content (AvgIpc) is 2.37. The van der Waals surface area contributed by atoms with Gasteiger partial charge in [-0.25, -0.2) is 0 Å². The third-order valence-corrected chi connectivity index (χ3v) is 4.42. The maximum absolute atomic E-state index is 2.30. The molecular weight excluding hydrogens is 212 g/mol. The van der Waals surface area contributed by atoms with Gasteiger partial charge in [0, 0.05) is 11.0 Å². The average molecular weight is 232 g/mol. The molecule has 0 aliphatic heterocycles. The van der Waals surface area contributed by atoms with Crippen molar-refractivity contribution in [1.29, 1.82) is 0 Å². The highest BCUT2D eigenvalue weighted by atomic mass is 32.2. The van der Waals surface area contributed by atoms with E-state index >= 15 is 0 Å². The SMILES string of the molecule is C(=C\c1ccccc1)/CSC1CCCCC1. The number of benzene rings is 1. The maximum atomic E-state index is 2.30. The molecule has 0 radical (unpaired) electrons. The van der Waals surface area contributed by atoms with Crippen molar-refractivity contribution in [2.24, 2.45) is 0 Å². The summed E-state index contributed by atoms with van der Waals surface area (Å²) in [5, 5.41) is 0.925. The van der Waals surface area contributed by atoms with Crippen LogP contribution in [0.2, 0.25) is 0 Å². The predicted octanol–water partition coefficient (Wildman–Crippen LogP) is 4.77. The van der Waals surface area contributed by atoms with Crippen molar-refractivity contribution in [1.82, 2.24) is 0 Å². The highest BCUT2D eigenvalue weighted by molar-refractivity contribution is 8.00. The van der Waals surface area contributed by atoms with Gasteiger partial charge in [-0.15, -0.1) is 0 Å². The first kappa shape index (κ1) is 11.8. The van der Waals surface area contributed by atoms with E-state index in [4.69, 9.17) is 0 Å². The first-order valence-electron chi connectivity index (χ1n) is 6.28. The predicted molar refractivity (Wildman–Crippen MR) is 74.8 cm³/mol. The Labute approximate surface area is 103 Å². The first-order chi connectivity index (χ1) is 7.95. The summed E-state index contributed by atoms with van der Waals surface area (Å²) in [7, 11) is 0. The molecule has 0 unspecified atom stereocenters. The molecule has 1 aliphatic rings. The first-order valence-corrected chi connectivity index (χ1v) is 7.33. The summed E-state index contributed by atoms with van der Waals surface area (Å²) in [6, 6.07) is 10.6. The third kappa shape index (κ3) is 4.05. The number of thioether (sulfide) groups is 1. The van der Waals surface area contributed by atoms with Crippen LogP contribution in [0.15, 0.2) is 36.4 Å². The molecule has 0 N–H and O–H groups in total. The van der Waals surface area contributed by atoms with Gasteiger partial charge in [-0.3, -0.25) is 0 Å². The quantitative estimate of drug-likeness (QED) is 0.721. The summed E-state index contributed by atoms with van der Waals surface area (Å²) in [5.74, 6) is 1.17. The Kier molecular flexibility index (Phi) is 5.01. The molecule has 16 heavy (non-hydrogen) atoms. The molecule has 1 aliphatic carbocycles. The van der Waals surface area contributed by atoms with Gasteiger partial charge in [0.05, 0.1) is 0 Å². The van der Waals surface area contributed by atoms with Gasteiger partial charge in [0.2, 0.25) is 0 Å². The third-order valence-electron chi connectivity index (χ3n) is 3.09. The van der Waals surface area contributed by atoms with Crippen LogP contribution in [-0.4, -0.2) is 11.0 Å². The van der Waals surface area contributed by atoms with Gasteiger partial charge in [-0.05, 0) is 18.4 Å². The fourth-order valence-electron chi connectivity index (χ4n) is 2.17. The Morgan fingerprint density at radius 1 is 1.06 bits per heavy atom. The Morgan fingerprint density at radius 3 is 2.56 bits per heavy atom. The summed E-state index contributed by atoms with van der Waals surface area (Å²) >= 11 is 2.13. The molecule has 0 nitrogen and oxygen atoms in total.